The van der Waals surface area contributed by atoms with Gasteiger partial charge >= 0.3 is 12.4 Å². The molecular weight excluding hydrogens is 264 g/mol. The summed E-state index contributed by atoms with van der Waals surface area (Å²) in [4.78, 5) is 11.0. The molecule has 0 unspecified atom stereocenters. The zero-order chi connectivity index (χ0) is 14.3. The number of anilines is 1. The molecule has 100 valence electrons. The van der Waals surface area contributed by atoms with Crippen molar-refractivity contribution >= 4 is 11.5 Å². The largest absolute Gasteiger partial charge is 0.418 e. The topological polar surface area (TPSA) is 43.1 Å². The Labute approximate surface area is 97.4 Å². The second kappa shape index (κ2) is 4.18. The van der Waals surface area contributed by atoms with Gasteiger partial charge in [0.1, 0.15) is 0 Å². The first kappa shape index (κ1) is 14.3. The van der Waals surface area contributed by atoms with Gasteiger partial charge in [0, 0.05) is 5.56 Å². The number of carbonyl (C=O) groups is 1. The Morgan fingerprint density at radius 2 is 1.56 bits per heavy atom. The van der Waals surface area contributed by atoms with Crippen molar-refractivity contribution in [1.82, 2.24) is 0 Å². The summed E-state index contributed by atoms with van der Waals surface area (Å²) in [6.45, 7) is 0.839. The number of hydrogen-bond acceptors (Lipinski definition) is 2. The standard InChI is InChI=1S/C10H7F6NO/c1-4(18)6-2-5(9(11,12)13)3-7(8(6)17)10(14,15)16/h2-3H,17H2,1H3. The molecule has 0 saturated carbocycles. The minimum atomic E-state index is -5.06. The van der Waals surface area contributed by atoms with Crippen molar-refractivity contribution in [2.75, 3.05) is 5.73 Å². The molecule has 1 aromatic rings. The van der Waals surface area contributed by atoms with Gasteiger partial charge in [-0.1, -0.05) is 0 Å². The molecule has 0 radical (unpaired) electrons. The number of carbonyl (C=O) groups excluding carboxylic acids is 1. The molecule has 0 spiro atoms. The fraction of sp³-hybridized carbons (Fsp3) is 0.300. The third-order valence-corrected chi connectivity index (χ3v) is 2.19. The lowest BCUT2D eigenvalue weighted by molar-refractivity contribution is -0.142. The van der Waals surface area contributed by atoms with E-state index in [1.807, 2.05) is 0 Å². The van der Waals surface area contributed by atoms with Gasteiger partial charge in [0.15, 0.2) is 5.78 Å². The van der Waals surface area contributed by atoms with E-state index < -0.39 is 40.5 Å². The van der Waals surface area contributed by atoms with Gasteiger partial charge in [-0.25, -0.2) is 0 Å². The SMILES string of the molecule is CC(=O)c1cc(C(F)(F)F)cc(C(F)(F)F)c1N. The Balaban J connectivity index is 3.63. The average Bonchev–Trinajstić information content (AvgIpc) is 2.13. The molecule has 1 rings (SSSR count). The zero-order valence-corrected chi connectivity index (χ0v) is 8.91. The molecule has 0 amide bonds. The van der Waals surface area contributed by atoms with Crippen LogP contribution in [0, 0.1) is 0 Å². The van der Waals surface area contributed by atoms with E-state index >= 15 is 0 Å². The van der Waals surface area contributed by atoms with Crippen LogP contribution in [0.5, 0.6) is 0 Å². The van der Waals surface area contributed by atoms with Gasteiger partial charge in [-0.15, -0.1) is 0 Å². The van der Waals surface area contributed by atoms with E-state index in [9.17, 15) is 31.1 Å². The summed E-state index contributed by atoms with van der Waals surface area (Å²) < 4.78 is 74.7. The van der Waals surface area contributed by atoms with E-state index in [2.05, 4.69) is 0 Å². The summed E-state index contributed by atoms with van der Waals surface area (Å²) in [6.07, 6.45) is -10.0. The lowest BCUT2D eigenvalue weighted by Gasteiger charge is -2.16. The van der Waals surface area contributed by atoms with Crippen LogP contribution in [0.15, 0.2) is 12.1 Å². The number of nitrogens with two attached hydrogens (primary N) is 1. The summed E-state index contributed by atoms with van der Waals surface area (Å²) in [5.41, 5.74) is 0.0576. The van der Waals surface area contributed by atoms with Crippen molar-refractivity contribution in [1.29, 1.82) is 0 Å². The smallest absolute Gasteiger partial charge is 0.398 e. The Morgan fingerprint density at radius 3 is 1.89 bits per heavy atom. The highest BCUT2D eigenvalue weighted by atomic mass is 19.4. The molecule has 0 atom stereocenters. The average molecular weight is 271 g/mol. The molecule has 18 heavy (non-hydrogen) atoms. The van der Waals surface area contributed by atoms with E-state index in [0.717, 1.165) is 6.92 Å². The number of ketones is 1. The second-order valence-corrected chi connectivity index (χ2v) is 3.54. The van der Waals surface area contributed by atoms with Crippen molar-refractivity contribution < 1.29 is 31.1 Å². The van der Waals surface area contributed by atoms with Crippen LogP contribution in [-0.4, -0.2) is 5.78 Å². The van der Waals surface area contributed by atoms with E-state index in [-0.39, 0.29) is 6.07 Å². The van der Waals surface area contributed by atoms with Crippen LogP contribution in [0.25, 0.3) is 0 Å². The van der Waals surface area contributed by atoms with Crippen LogP contribution in [0.2, 0.25) is 0 Å². The maximum absolute atomic E-state index is 12.5. The van der Waals surface area contributed by atoms with Gasteiger partial charge in [-0.05, 0) is 19.1 Å². The van der Waals surface area contributed by atoms with E-state index in [1.54, 1.807) is 0 Å². The highest BCUT2D eigenvalue weighted by Gasteiger charge is 2.39. The summed E-state index contributed by atoms with van der Waals surface area (Å²) in [5, 5.41) is 0. The van der Waals surface area contributed by atoms with Gasteiger partial charge < -0.3 is 5.73 Å². The maximum Gasteiger partial charge on any atom is 0.418 e. The number of rotatable bonds is 1. The van der Waals surface area contributed by atoms with Gasteiger partial charge in [-0.2, -0.15) is 26.3 Å². The molecule has 2 N–H and O–H groups in total. The lowest BCUT2D eigenvalue weighted by Crippen LogP contribution is -2.16. The Hall–Kier alpha value is -1.73. The van der Waals surface area contributed by atoms with Gasteiger partial charge in [-0.3, -0.25) is 4.79 Å². The number of alkyl halides is 6. The molecule has 0 saturated heterocycles. The van der Waals surface area contributed by atoms with Gasteiger partial charge in [0.25, 0.3) is 0 Å². The molecule has 0 fully saturated rings. The third kappa shape index (κ3) is 2.74. The minimum absolute atomic E-state index is 0.109. The van der Waals surface area contributed by atoms with E-state index in [1.165, 1.54) is 0 Å². The van der Waals surface area contributed by atoms with Crippen LogP contribution in [0.4, 0.5) is 32.0 Å². The summed E-state index contributed by atoms with van der Waals surface area (Å²) in [6, 6.07) is 0.203. The first-order valence-electron chi connectivity index (χ1n) is 4.53. The lowest BCUT2D eigenvalue weighted by atomic mass is 9.99. The van der Waals surface area contributed by atoms with Crippen molar-refractivity contribution in [3.8, 4) is 0 Å². The molecule has 0 heterocycles. The molecule has 0 aliphatic heterocycles. The Kier molecular flexibility index (Phi) is 3.33. The van der Waals surface area contributed by atoms with E-state index in [0.29, 0.717) is 6.07 Å². The summed E-state index contributed by atoms with van der Waals surface area (Å²) in [5.74, 6) is -0.968. The van der Waals surface area contributed by atoms with Gasteiger partial charge in [0.05, 0.1) is 16.8 Å². The predicted octanol–water partition coefficient (Wildman–Crippen LogP) is 3.51. The predicted molar refractivity (Wildman–Crippen MR) is 50.9 cm³/mol. The van der Waals surface area contributed by atoms with Crippen LogP contribution in [0.3, 0.4) is 0 Å². The third-order valence-electron chi connectivity index (χ3n) is 2.19. The van der Waals surface area contributed by atoms with Crippen molar-refractivity contribution in [2.45, 2.75) is 19.3 Å². The van der Waals surface area contributed by atoms with Crippen LogP contribution >= 0.6 is 0 Å². The zero-order valence-electron chi connectivity index (χ0n) is 8.91. The highest BCUT2D eigenvalue weighted by molar-refractivity contribution is 6.00. The monoisotopic (exact) mass is 271 g/mol. The van der Waals surface area contributed by atoms with Crippen LogP contribution in [-0.2, 0) is 12.4 Å². The summed E-state index contributed by atoms with van der Waals surface area (Å²) in [7, 11) is 0. The number of hydrogen-bond donors (Lipinski definition) is 1. The molecule has 0 aromatic heterocycles. The molecule has 1 aromatic carbocycles. The number of benzene rings is 1. The molecule has 2 nitrogen and oxygen atoms in total. The maximum atomic E-state index is 12.5. The molecule has 8 heteroatoms. The summed E-state index contributed by atoms with van der Waals surface area (Å²) >= 11 is 0. The van der Waals surface area contributed by atoms with Gasteiger partial charge in [0.2, 0.25) is 0 Å². The Bertz CT molecular complexity index is 488. The first-order valence-corrected chi connectivity index (χ1v) is 4.53. The minimum Gasteiger partial charge on any atom is -0.398 e. The Morgan fingerprint density at radius 1 is 1.06 bits per heavy atom. The van der Waals surface area contributed by atoms with Crippen molar-refractivity contribution in [2.24, 2.45) is 0 Å². The van der Waals surface area contributed by atoms with Crippen LogP contribution < -0.4 is 5.73 Å². The number of halogens is 6. The van der Waals surface area contributed by atoms with Crippen molar-refractivity contribution in [3.63, 3.8) is 0 Å². The fourth-order valence-electron chi connectivity index (χ4n) is 1.34. The highest BCUT2D eigenvalue weighted by Crippen LogP contribution is 2.40. The number of nitrogen functional groups attached to an aromatic ring is 1. The number of Topliss-reactive ketones (excluding diaryl/α,β-unsaturated/α-hetero) is 1. The molecule has 0 aliphatic rings. The quantitative estimate of drug-likeness (QED) is 0.482. The second-order valence-electron chi connectivity index (χ2n) is 3.54. The molecule has 0 bridgehead atoms. The normalized spacial score (nSPS) is 12.6. The molecule has 0 aliphatic carbocycles. The van der Waals surface area contributed by atoms with Crippen LogP contribution in [0.1, 0.15) is 28.4 Å². The first-order chi connectivity index (χ1) is 7.94. The van der Waals surface area contributed by atoms with E-state index in [4.69, 9.17) is 5.73 Å². The molecular formula is C10H7F6NO. The fourth-order valence-corrected chi connectivity index (χ4v) is 1.34. The van der Waals surface area contributed by atoms with Crippen molar-refractivity contribution in [3.05, 3.63) is 28.8 Å².